The monoisotopic (exact) mass is 477 g/mol. The predicted octanol–water partition coefficient (Wildman–Crippen LogP) is 5.71. The van der Waals surface area contributed by atoms with Gasteiger partial charge in [0.05, 0.1) is 19.3 Å². The molecule has 27 heavy (non-hydrogen) atoms. The predicted molar refractivity (Wildman–Crippen MR) is 122 cm³/mol. The molecule has 0 bridgehead atoms. The summed E-state index contributed by atoms with van der Waals surface area (Å²) in [4.78, 5) is 0. The van der Waals surface area contributed by atoms with E-state index in [1.54, 1.807) is 7.11 Å². The lowest BCUT2D eigenvalue weighted by Gasteiger charge is -2.38. The van der Waals surface area contributed by atoms with Crippen molar-refractivity contribution in [1.82, 2.24) is 4.72 Å². The van der Waals surface area contributed by atoms with Gasteiger partial charge in [-0.05, 0) is 56.1 Å². The standard InChI is InChI=1S/C20H36BrNO3SSi/c1-19(2,3)26(23)22-18(14-25-27(8,9)20(4,5)6)15-11-10-12-17(21)16(15)13-24-7/h10-12,18,22H,13-14H2,1-9H3/t18-,26-/m0/s1. The van der Waals surface area contributed by atoms with E-state index in [0.29, 0.717) is 13.2 Å². The molecule has 0 aromatic heterocycles. The van der Waals surface area contributed by atoms with Crippen molar-refractivity contribution in [1.29, 1.82) is 0 Å². The minimum absolute atomic E-state index is 0.118. The van der Waals surface area contributed by atoms with Gasteiger partial charge in [0.1, 0.15) is 4.75 Å². The minimum Gasteiger partial charge on any atom is -0.598 e. The van der Waals surface area contributed by atoms with Gasteiger partial charge < -0.3 is 13.7 Å². The van der Waals surface area contributed by atoms with Gasteiger partial charge in [-0.2, -0.15) is 0 Å². The highest BCUT2D eigenvalue weighted by atomic mass is 79.9. The molecule has 0 spiro atoms. The minimum atomic E-state index is -1.93. The summed E-state index contributed by atoms with van der Waals surface area (Å²) in [5.41, 5.74) is 2.12. The molecule has 1 N–H and O–H groups in total. The lowest BCUT2D eigenvalue weighted by molar-refractivity contribution is 0.181. The van der Waals surface area contributed by atoms with Crippen LogP contribution in [0.1, 0.15) is 58.7 Å². The summed E-state index contributed by atoms with van der Waals surface area (Å²) in [6, 6.07) is 5.89. The molecule has 1 rings (SSSR count). The van der Waals surface area contributed by atoms with Crippen molar-refractivity contribution in [2.24, 2.45) is 0 Å². The number of halogens is 1. The Labute approximate surface area is 178 Å². The van der Waals surface area contributed by atoms with Crippen molar-refractivity contribution in [2.75, 3.05) is 13.7 Å². The van der Waals surface area contributed by atoms with Crippen LogP contribution in [0.25, 0.3) is 0 Å². The first-order valence-corrected chi connectivity index (χ1v) is 14.1. The molecule has 0 aliphatic rings. The molecule has 2 atom stereocenters. The van der Waals surface area contributed by atoms with Crippen LogP contribution in [0, 0.1) is 0 Å². The van der Waals surface area contributed by atoms with Crippen LogP contribution >= 0.6 is 15.9 Å². The van der Waals surface area contributed by atoms with Crippen molar-refractivity contribution >= 4 is 35.6 Å². The Bertz CT molecular complexity index is 614. The van der Waals surface area contributed by atoms with Crippen LogP contribution in [-0.4, -0.2) is 31.3 Å². The van der Waals surface area contributed by atoms with Crippen molar-refractivity contribution in [2.45, 2.75) is 77.1 Å². The number of hydrogen-bond acceptors (Lipinski definition) is 4. The molecule has 0 aliphatic carbocycles. The van der Waals surface area contributed by atoms with E-state index in [-0.39, 0.29) is 15.8 Å². The molecule has 0 aliphatic heterocycles. The Morgan fingerprint density at radius 1 is 1.19 bits per heavy atom. The Morgan fingerprint density at radius 2 is 1.78 bits per heavy atom. The third-order valence-electron chi connectivity index (χ3n) is 5.04. The smallest absolute Gasteiger partial charge is 0.192 e. The number of ether oxygens (including phenoxy) is 1. The van der Waals surface area contributed by atoms with Gasteiger partial charge in [0, 0.05) is 22.9 Å². The fourth-order valence-electron chi connectivity index (χ4n) is 2.20. The number of hydrogen-bond donors (Lipinski definition) is 1. The maximum atomic E-state index is 12.8. The second-order valence-electron chi connectivity index (χ2n) is 9.36. The second-order valence-corrected chi connectivity index (χ2v) is 17.0. The molecule has 0 saturated carbocycles. The molecule has 1 aromatic rings. The van der Waals surface area contributed by atoms with Gasteiger partial charge in [0.15, 0.2) is 8.32 Å². The third kappa shape index (κ3) is 7.14. The van der Waals surface area contributed by atoms with Crippen molar-refractivity contribution in [3.63, 3.8) is 0 Å². The molecule has 0 saturated heterocycles. The van der Waals surface area contributed by atoms with E-state index in [1.165, 1.54) is 0 Å². The topological polar surface area (TPSA) is 53.5 Å². The van der Waals surface area contributed by atoms with Gasteiger partial charge in [-0.1, -0.05) is 48.8 Å². The fraction of sp³-hybridized carbons (Fsp3) is 0.700. The summed E-state index contributed by atoms with van der Waals surface area (Å²) in [5.74, 6) is 0. The number of benzene rings is 1. The number of methoxy groups -OCH3 is 1. The van der Waals surface area contributed by atoms with Crippen molar-refractivity contribution in [3.05, 3.63) is 33.8 Å². The van der Waals surface area contributed by atoms with E-state index < -0.39 is 19.7 Å². The highest BCUT2D eigenvalue weighted by molar-refractivity contribution is 9.10. The first-order chi connectivity index (χ1) is 12.2. The van der Waals surface area contributed by atoms with Gasteiger partial charge in [-0.25, -0.2) is 0 Å². The van der Waals surface area contributed by atoms with E-state index >= 15 is 0 Å². The van der Waals surface area contributed by atoms with Crippen LogP contribution < -0.4 is 4.72 Å². The van der Waals surface area contributed by atoms with Crippen molar-refractivity contribution in [3.8, 4) is 0 Å². The lowest BCUT2D eigenvalue weighted by atomic mass is 10.0. The molecule has 0 radical (unpaired) electrons. The van der Waals surface area contributed by atoms with Gasteiger partial charge in [-0.3, -0.25) is 0 Å². The van der Waals surface area contributed by atoms with E-state index in [0.717, 1.165) is 15.6 Å². The summed E-state index contributed by atoms with van der Waals surface area (Å²) >= 11 is 2.42. The van der Waals surface area contributed by atoms with Gasteiger partial charge in [-0.15, -0.1) is 4.72 Å². The largest absolute Gasteiger partial charge is 0.598 e. The molecule has 1 aromatic carbocycles. The zero-order valence-electron chi connectivity index (χ0n) is 18.2. The van der Waals surface area contributed by atoms with E-state index in [9.17, 15) is 4.55 Å². The van der Waals surface area contributed by atoms with Crippen LogP contribution in [-0.2, 0) is 27.1 Å². The normalized spacial score (nSPS) is 15.7. The quantitative estimate of drug-likeness (QED) is 0.384. The Morgan fingerprint density at radius 3 is 2.26 bits per heavy atom. The zero-order valence-corrected chi connectivity index (χ0v) is 21.6. The molecule has 0 heterocycles. The summed E-state index contributed by atoms with van der Waals surface area (Å²) in [5, 5.41) is 0.118. The average Bonchev–Trinajstić information content (AvgIpc) is 2.51. The molecule has 0 unspecified atom stereocenters. The van der Waals surface area contributed by atoms with Crippen LogP contribution in [0.15, 0.2) is 22.7 Å². The maximum absolute atomic E-state index is 12.8. The van der Waals surface area contributed by atoms with Crippen LogP contribution in [0.4, 0.5) is 0 Å². The van der Waals surface area contributed by atoms with Crippen LogP contribution in [0.2, 0.25) is 18.1 Å². The van der Waals surface area contributed by atoms with Gasteiger partial charge >= 0.3 is 0 Å². The summed E-state index contributed by atoms with van der Waals surface area (Å²) < 4.78 is 28.7. The maximum Gasteiger partial charge on any atom is 0.192 e. The lowest BCUT2D eigenvalue weighted by Crippen LogP contribution is -2.46. The van der Waals surface area contributed by atoms with Crippen LogP contribution in [0.3, 0.4) is 0 Å². The SMILES string of the molecule is COCc1c(Br)cccc1[C@H](CO[Si](C)(C)C(C)(C)C)N[S@@+]([O-])C(C)(C)C. The first-order valence-electron chi connectivity index (χ1n) is 9.29. The average molecular weight is 479 g/mol. The molecule has 7 heteroatoms. The molecular weight excluding hydrogens is 442 g/mol. The van der Waals surface area contributed by atoms with Gasteiger partial charge in [0.2, 0.25) is 0 Å². The molecule has 0 amide bonds. The Balaban J connectivity index is 3.22. The van der Waals surface area contributed by atoms with Gasteiger partial charge in [0.25, 0.3) is 0 Å². The highest BCUT2D eigenvalue weighted by Crippen LogP contribution is 2.38. The van der Waals surface area contributed by atoms with Crippen molar-refractivity contribution < 1.29 is 13.7 Å². The second kappa shape index (κ2) is 9.74. The Kier molecular flexibility index (Phi) is 9.07. The first kappa shape index (κ1) is 25.1. The summed E-state index contributed by atoms with van der Waals surface area (Å²) in [6.45, 7) is 18.0. The fourth-order valence-corrected chi connectivity index (χ4v) is 4.52. The van der Waals surface area contributed by atoms with Crippen LogP contribution in [0.5, 0.6) is 0 Å². The number of nitrogens with one attached hydrogen (secondary N) is 1. The zero-order chi connectivity index (χ0) is 21.0. The number of rotatable bonds is 8. The summed E-state index contributed by atoms with van der Waals surface area (Å²) in [7, 11) is -0.243. The Hall–Kier alpha value is 0.107. The molecular formula is C20H36BrNO3SSi. The highest BCUT2D eigenvalue weighted by Gasteiger charge is 2.39. The van der Waals surface area contributed by atoms with E-state index in [2.05, 4.69) is 60.6 Å². The third-order valence-corrected chi connectivity index (χ3v) is 11.9. The van der Waals surface area contributed by atoms with E-state index in [4.69, 9.17) is 9.16 Å². The molecule has 156 valence electrons. The molecule has 4 nitrogen and oxygen atoms in total. The van der Waals surface area contributed by atoms with E-state index in [1.807, 2.05) is 32.9 Å². The molecule has 0 fully saturated rings. The summed E-state index contributed by atoms with van der Waals surface area (Å²) in [6.07, 6.45) is 0.